The number of hydrogen-bond donors (Lipinski definition) is 1. The quantitative estimate of drug-likeness (QED) is 0.737. The van der Waals surface area contributed by atoms with Crippen LogP contribution in [0.25, 0.3) is 0 Å². The number of hydrogen-bond acceptors (Lipinski definition) is 1. The predicted octanol–water partition coefficient (Wildman–Crippen LogP) is 3.38. The van der Waals surface area contributed by atoms with Gasteiger partial charge in [0, 0.05) is 6.04 Å². The standard InChI is InChI=1S/C14H21N/c1-14(2,3)12-9-13(15-10-12)11-7-5-4-6-8-11/h4-8,12-13,15H,9-10H2,1-3H3. The van der Waals surface area contributed by atoms with Gasteiger partial charge < -0.3 is 5.32 Å². The van der Waals surface area contributed by atoms with E-state index < -0.39 is 0 Å². The average Bonchev–Trinajstić information content (AvgIpc) is 2.67. The van der Waals surface area contributed by atoms with Gasteiger partial charge in [0.15, 0.2) is 0 Å². The van der Waals surface area contributed by atoms with Gasteiger partial charge in [0.05, 0.1) is 0 Å². The van der Waals surface area contributed by atoms with Gasteiger partial charge in [-0.3, -0.25) is 0 Å². The Hall–Kier alpha value is -0.820. The molecule has 1 aliphatic heterocycles. The Morgan fingerprint density at radius 3 is 2.33 bits per heavy atom. The lowest BCUT2D eigenvalue weighted by Crippen LogP contribution is -2.22. The highest BCUT2D eigenvalue weighted by Crippen LogP contribution is 2.37. The first-order valence-corrected chi connectivity index (χ1v) is 5.86. The van der Waals surface area contributed by atoms with E-state index in [9.17, 15) is 0 Å². The van der Waals surface area contributed by atoms with Crippen molar-refractivity contribution < 1.29 is 0 Å². The topological polar surface area (TPSA) is 12.0 Å². The summed E-state index contributed by atoms with van der Waals surface area (Å²) in [6, 6.07) is 11.4. The molecule has 0 aromatic heterocycles. The maximum atomic E-state index is 3.63. The summed E-state index contributed by atoms with van der Waals surface area (Å²) in [5.74, 6) is 0.794. The predicted molar refractivity (Wildman–Crippen MR) is 64.7 cm³/mol. The fourth-order valence-electron chi connectivity index (χ4n) is 2.33. The van der Waals surface area contributed by atoms with Crippen LogP contribution in [-0.2, 0) is 0 Å². The molecular formula is C14H21N. The van der Waals surface area contributed by atoms with Crippen LogP contribution in [0.15, 0.2) is 30.3 Å². The summed E-state index contributed by atoms with van der Waals surface area (Å²) in [7, 11) is 0. The van der Waals surface area contributed by atoms with E-state index >= 15 is 0 Å². The van der Waals surface area contributed by atoms with Crippen LogP contribution in [0.3, 0.4) is 0 Å². The van der Waals surface area contributed by atoms with Gasteiger partial charge in [-0.1, -0.05) is 51.1 Å². The molecule has 82 valence electrons. The van der Waals surface area contributed by atoms with Crippen LogP contribution in [0, 0.1) is 11.3 Å². The first-order chi connectivity index (χ1) is 7.07. The Labute approximate surface area is 92.9 Å². The Morgan fingerprint density at radius 1 is 1.13 bits per heavy atom. The summed E-state index contributed by atoms with van der Waals surface area (Å²) in [6.45, 7) is 8.18. The van der Waals surface area contributed by atoms with Crippen LogP contribution in [0.2, 0.25) is 0 Å². The second-order valence-corrected chi connectivity index (χ2v) is 5.67. The van der Waals surface area contributed by atoms with Gasteiger partial charge in [0.2, 0.25) is 0 Å². The van der Waals surface area contributed by atoms with Crippen molar-refractivity contribution in [2.45, 2.75) is 33.2 Å². The maximum Gasteiger partial charge on any atom is 0.0323 e. The molecule has 1 saturated heterocycles. The lowest BCUT2D eigenvalue weighted by molar-refractivity contribution is 0.257. The molecule has 0 aliphatic carbocycles. The molecule has 2 atom stereocenters. The van der Waals surface area contributed by atoms with Crippen molar-refractivity contribution in [3.05, 3.63) is 35.9 Å². The van der Waals surface area contributed by atoms with Gasteiger partial charge in [-0.05, 0) is 29.9 Å². The summed E-state index contributed by atoms with van der Waals surface area (Å²) >= 11 is 0. The zero-order valence-corrected chi connectivity index (χ0v) is 9.96. The third kappa shape index (κ3) is 2.40. The van der Waals surface area contributed by atoms with Gasteiger partial charge in [0.25, 0.3) is 0 Å². The highest BCUT2D eigenvalue weighted by atomic mass is 15.0. The van der Waals surface area contributed by atoms with E-state index in [-0.39, 0.29) is 0 Å². The lowest BCUT2D eigenvalue weighted by atomic mass is 9.79. The molecule has 2 unspecified atom stereocenters. The summed E-state index contributed by atoms with van der Waals surface area (Å²) < 4.78 is 0. The third-order valence-electron chi connectivity index (χ3n) is 3.56. The molecule has 0 saturated carbocycles. The SMILES string of the molecule is CC(C)(C)C1CNC(c2ccccc2)C1. The van der Waals surface area contributed by atoms with Crippen molar-refractivity contribution in [3.63, 3.8) is 0 Å². The highest BCUT2D eigenvalue weighted by Gasteiger charge is 2.32. The summed E-state index contributed by atoms with van der Waals surface area (Å²) in [5, 5.41) is 3.63. The van der Waals surface area contributed by atoms with Gasteiger partial charge in [-0.2, -0.15) is 0 Å². The molecule has 0 radical (unpaired) electrons. The minimum atomic E-state index is 0.427. The van der Waals surface area contributed by atoms with Gasteiger partial charge in [-0.15, -0.1) is 0 Å². The van der Waals surface area contributed by atoms with Gasteiger partial charge in [-0.25, -0.2) is 0 Å². The molecule has 0 amide bonds. The summed E-state index contributed by atoms with van der Waals surface area (Å²) in [4.78, 5) is 0. The number of rotatable bonds is 1. The molecule has 15 heavy (non-hydrogen) atoms. The van der Waals surface area contributed by atoms with Gasteiger partial charge >= 0.3 is 0 Å². The lowest BCUT2D eigenvalue weighted by Gasteiger charge is -2.26. The van der Waals surface area contributed by atoms with Crippen LogP contribution in [0.1, 0.15) is 38.8 Å². The van der Waals surface area contributed by atoms with Crippen molar-refractivity contribution in [1.29, 1.82) is 0 Å². The first kappa shape index (κ1) is 10.7. The number of nitrogens with one attached hydrogen (secondary N) is 1. The van der Waals surface area contributed by atoms with Crippen molar-refractivity contribution in [2.24, 2.45) is 11.3 Å². The minimum Gasteiger partial charge on any atom is -0.310 e. The molecule has 1 nitrogen and oxygen atoms in total. The Balaban J connectivity index is 2.05. The highest BCUT2D eigenvalue weighted by molar-refractivity contribution is 5.20. The second kappa shape index (κ2) is 3.97. The Bertz CT molecular complexity index is 310. The zero-order chi connectivity index (χ0) is 10.9. The summed E-state index contributed by atoms with van der Waals surface area (Å²) in [5.41, 5.74) is 1.86. The van der Waals surface area contributed by atoms with Crippen molar-refractivity contribution >= 4 is 0 Å². The molecule has 1 aromatic rings. The third-order valence-corrected chi connectivity index (χ3v) is 3.56. The van der Waals surface area contributed by atoms with E-state index in [0.717, 1.165) is 12.5 Å². The van der Waals surface area contributed by atoms with E-state index in [1.54, 1.807) is 0 Å². The molecule has 0 spiro atoms. The Kier molecular flexibility index (Phi) is 2.83. The molecule has 2 rings (SSSR count). The fourth-order valence-corrected chi connectivity index (χ4v) is 2.33. The van der Waals surface area contributed by atoms with Crippen LogP contribution in [0.4, 0.5) is 0 Å². The van der Waals surface area contributed by atoms with Crippen LogP contribution >= 0.6 is 0 Å². The van der Waals surface area contributed by atoms with Crippen LogP contribution in [-0.4, -0.2) is 6.54 Å². The largest absolute Gasteiger partial charge is 0.310 e. The van der Waals surface area contributed by atoms with Crippen molar-refractivity contribution in [1.82, 2.24) is 5.32 Å². The maximum absolute atomic E-state index is 3.63. The molecular weight excluding hydrogens is 182 g/mol. The van der Waals surface area contributed by atoms with Crippen LogP contribution < -0.4 is 5.32 Å². The molecule has 1 aliphatic rings. The van der Waals surface area contributed by atoms with Crippen LogP contribution in [0.5, 0.6) is 0 Å². The summed E-state index contributed by atoms with van der Waals surface area (Å²) in [6.07, 6.45) is 1.27. The zero-order valence-electron chi connectivity index (χ0n) is 9.96. The molecule has 1 heteroatoms. The van der Waals surface area contributed by atoms with Crippen molar-refractivity contribution in [2.75, 3.05) is 6.54 Å². The van der Waals surface area contributed by atoms with Gasteiger partial charge in [0.1, 0.15) is 0 Å². The van der Waals surface area contributed by atoms with E-state index in [4.69, 9.17) is 0 Å². The van der Waals surface area contributed by atoms with E-state index in [1.165, 1.54) is 12.0 Å². The fraction of sp³-hybridized carbons (Fsp3) is 0.571. The normalized spacial score (nSPS) is 26.9. The monoisotopic (exact) mass is 203 g/mol. The number of benzene rings is 1. The molecule has 1 heterocycles. The molecule has 1 fully saturated rings. The minimum absolute atomic E-state index is 0.427. The molecule has 1 aromatic carbocycles. The smallest absolute Gasteiger partial charge is 0.0323 e. The molecule has 0 bridgehead atoms. The Morgan fingerprint density at radius 2 is 1.80 bits per heavy atom. The first-order valence-electron chi connectivity index (χ1n) is 5.86. The second-order valence-electron chi connectivity index (χ2n) is 5.67. The average molecular weight is 203 g/mol. The van der Waals surface area contributed by atoms with E-state index in [1.807, 2.05) is 0 Å². The van der Waals surface area contributed by atoms with E-state index in [2.05, 4.69) is 56.4 Å². The van der Waals surface area contributed by atoms with E-state index in [0.29, 0.717) is 11.5 Å². The molecule has 1 N–H and O–H groups in total. The van der Waals surface area contributed by atoms with Crippen molar-refractivity contribution in [3.8, 4) is 0 Å².